The summed E-state index contributed by atoms with van der Waals surface area (Å²) in [6.45, 7) is 3.63. The van der Waals surface area contributed by atoms with Gasteiger partial charge in [-0.15, -0.1) is 0 Å². The summed E-state index contributed by atoms with van der Waals surface area (Å²) < 4.78 is 5.41. The molecule has 0 aliphatic carbocycles. The lowest BCUT2D eigenvalue weighted by atomic mass is 10.1. The van der Waals surface area contributed by atoms with Crippen molar-refractivity contribution in [2.45, 2.75) is 6.92 Å². The molecular formula is C16H22N4O. The second-order valence-corrected chi connectivity index (χ2v) is 4.54. The third-order valence-electron chi connectivity index (χ3n) is 3.12. The summed E-state index contributed by atoms with van der Waals surface area (Å²) >= 11 is 0. The maximum atomic E-state index is 6.26. The van der Waals surface area contributed by atoms with E-state index >= 15 is 0 Å². The highest BCUT2D eigenvalue weighted by molar-refractivity contribution is 5.65. The number of nitrogens with two attached hydrogens (primary N) is 2. The first-order valence-electron chi connectivity index (χ1n) is 7.04. The van der Waals surface area contributed by atoms with Crippen molar-refractivity contribution in [2.24, 2.45) is 11.6 Å². The Labute approximate surface area is 125 Å². The van der Waals surface area contributed by atoms with E-state index in [1.54, 1.807) is 5.01 Å². The van der Waals surface area contributed by atoms with Gasteiger partial charge in [-0.2, -0.15) is 0 Å². The molecule has 0 fully saturated rings. The van der Waals surface area contributed by atoms with Crippen molar-refractivity contribution in [2.75, 3.05) is 19.7 Å². The predicted molar refractivity (Wildman–Crippen MR) is 85.3 cm³/mol. The van der Waals surface area contributed by atoms with E-state index in [9.17, 15) is 0 Å². The van der Waals surface area contributed by atoms with Gasteiger partial charge in [0.05, 0.1) is 24.5 Å². The Morgan fingerprint density at radius 1 is 1.33 bits per heavy atom. The first-order chi connectivity index (χ1) is 10.3. The molecule has 1 heterocycles. The van der Waals surface area contributed by atoms with E-state index in [1.807, 2.05) is 55.5 Å². The molecule has 0 saturated carbocycles. The van der Waals surface area contributed by atoms with Crippen LogP contribution in [-0.4, -0.2) is 24.7 Å². The number of dihydropyridines is 1. The van der Waals surface area contributed by atoms with Crippen LogP contribution in [0.5, 0.6) is 0 Å². The maximum Gasteiger partial charge on any atom is 0.186 e. The molecule has 0 spiro atoms. The number of rotatable bonds is 6. The van der Waals surface area contributed by atoms with Crippen LogP contribution in [-0.2, 0) is 4.74 Å². The Morgan fingerprint density at radius 2 is 2.10 bits per heavy atom. The van der Waals surface area contributed by atoms with E-state index in [1.165, 1.54) is 0 Å². The van der Waals surface area contributed by atoms with Gasteiger partial charge >= 0.3 is 0 Å². The average molecular weight is 286 g/mol. The van der Waals surface area contributed by atoms with E-state index in [4.69, 9.17) is 16.3 Å². The molecule has 0 radical (unpaired) electrons. The first-order valence-corrected chi connectivity index (χ1v) is 7.04. The number of allylic oxidation sites excluding steroid dienone is 2. The maximum absolute atomic E-state index is 6.26. The fourth-order valence-corrected chi connectivity index (χ4v) is 2.12. The number of ether oxygens (including phenoxy) is 1. The van der Waals surface area contributed by atoms with Gasteiger partial charge in [0.1, 0.15) is 0 Å². The van der Waals surface area contributed by atoms with Crippen LogP contribution in [0.25, 0.3) is 5.70 Å². The smallest absolute Gasteiger partial charge is 0.186 e. The van der Waals surface area contributed by atoms with Crippen LogP contribution >= 0.6 is 0 Å². The van der Waals surface area contributed by atoms with Crippen molar-refractivity contribution in [3.63, 3.8) is 0 Å². The fourth-order valence-electron chi connectivity index (χ4n) is 2.12. The summed E-state index contributed by atoms with van der Waals surface area (Å²) in [5.74, 6) is 7.02. The van der Waals surface area contributed by atoms with Crippen LogP contribution in [0, 0.1) is 0 Å². The molecule has 21 heavy (non-hydrogen) atoms. The first kappa shape index (κ1) is 15.2. The molecular weight excluding hydrogens is 264 g/mol. The number of hydrogen-bond donors (Lipinski definition) is 3. The summed E-state index contributed by atoms with van der Waals surface area (Å²) in [7, 11) is 0. The van der Waals surface area contributed by atoms with E-state index in [2.05, 4.69) is 5.32 Å². The SMILES string of the molecule is CCOC1=CC=C(N(N)/C(=C\CN)c2ccccc2)CN1. The van der Waals surface area contributed by atoms with Gasteiger partial charge in [0.25, 0.3) is 0 Å². The van der Waals surface area contributed by atoms with Crippen LogP contribution in [0.4, 0.5) is 0 Å². The zero-order chi connectivity index (χ0) is 15.1. The largest absolute Gasteiger partial charge is 0.479 e. The molecule has 1 aromatic rings. The molecule has 112 valence electrons. The normalized spacial score (nSPS) is 14.9. The Balaban J connectivity index is 2.21. The second-order valence-electron chi connectivity index (χ2n) is 4.54. The number of nitrogens with zero attached hydrogens (tertiary/aromatic N) is 1. The van der Waals surface area contributed by atoms with Gasteiger partial charge in [0.15, 0.2) is 5.88 Å². The number of hydrogen-bond acceptors (Lipinski definition) is 5. The highest BCUT2D eigenvalue weighted by Crippen LogP contribution is 2.21. The van der Waals surface area contributed by atoms with E-state index in [0.717, 1.165) is 22.8 Å². The van der Waals surface area contributed by atoms with Crippen molar-refractivity contribution in [1.82, 2.24) is 10.3 Å². The zero-order valence-electron chi connectivity index (χ0n) is 12.3. The lowest BCUT2D eigenvalue weighted by Crippen LogP contribution is -2.36. The second kappa shape index (κ2) is 7.52. The Hall–Kier alpha value is -2.24. The average Bonchev–Trinajstić information content (AvgIpc) is 2.54. The summed E-state index contributed by atoms with van der Waals surface area (Å²) in [4.78, 5) is 0. The quantitative estimate of drug-likeness (QED) is 0.546. The Morgan fingerprint density at radius 3 is 2.67 bits per heavy atom. The minimum absolute atomic E-state index is 0.429. The van der Waals surface area contributed by atoms with Crippen molar-refractivity contribution in [1.29, 1.82) is 0 Å². The van der Waals surface area contributed by atoms with Crippen molar-refractivity contribution >= 4 is 5.70 Å². The van der Waals surface area contributed by atoms with E-state index in [-0.39, 0.29) is 0 Å². The molecule has 0 atom stereocenters. The minimum Gasteiger partial charge on any atom is -0.479 e. The molecule has 0 unspecified atom stereocenters. The van der Waals surface area contributed by atoms with Crippen molar-refractivity contribution in [3.8, 4) is 0 Å². The van der Waals surface area contributed by atoms with E-state index in [0.29, 0.717) is 19.7 Å². The topological polar surface area (TPSA) is 76.5 Å². The molecule has 0 saturated heterocycles. The lowest BCUT2D eigenvalue weighted by Gasteiger charge is -2.28. The predicted octanol–water partition coefficient (Wildman–Crippen LogP) is 1.53. The Bertz CT molecular complexity index is 549. The van der Waals surface area contributed by atoms with Gasteiger partial charge in [-0.3, -0.25) is 5.01 Å². The molecule has 1 aromatic carbocycles. The number of hydrazine groups is 1. The van der Waals surface area contributed by atoms with Gasteiger partial charge in [-0.25, -0.2) is 5.84 Å². The van der Waals surface area contributed by atoms with Crippen LogP contribution in [0.15, 0.2) is 60.1 Å². The monoisotopic (exact) mass is 286 g/mol. The van der Waals surface area contributed by atoms with Gasteiger partial charge in [0, 0.05) is 6.54 Å². The summed E-state index contributed by atoms with van der Waals surface area (Å²) in [6.07, 6.45) is 5.75. The third-order valence-corrected chi connectivity index (χ3v) is 3.12. The summed E-state index contributed by atoms with van der Waals surface area (Å²) in [5, 5.41) is 4.85. The standard InChI is InChI=1S/C16H22N4O/c1-2-21-16-9-8-14(12-19-16)20(18)15(10-11-17)13-6-4-3-5-7-13/h3-10,19H,2,11-12,17-18H2,1H3/b15-10-. The molecule has 0 bridgehead atoms. The summed E-state index contributed by atoms with van der Waals surface area (Å²) in [5.41, 5.74) is 8.54. The van der Waals surface area contributed by atoms with Gasteiger partial charge in [0.2, 0.25) is 0 Å². The van der Waals surface area contributed by atoms with Crippen LogP contribution < -0.4 is 16.9 Å². The molecule has 1 aliphatic rings. The van der Waals surface area contributed by atoms with Gasteiger partial charge in [-0.05, 0) is 30.7 Å². The van der Waals surface area contributed by atoms with Crippen LogP contribution in [0.2, 0.25) is 0 Å². The van der Waals surface area contributed by atoms with Gasteiger partial charge < -0.3 is 15.8 Å². The van der Waals surface area contributed by atoms with E-state index < -0.39 is 0 Å². The van der Waals surface area contributed by atoms with Crippen molar-refractivity contribution < 1.29 is 4.74 Å². The molecule has 5 N–H and O–H groups in total. The highest BCUT2D eigenvalue weighted by Gasteiger charge is 2.15. The Kier molecular flexibility index (Phi) is 5.43. The summed E-state index contributed by atoms with van der Waals surface area (Å²) in [6, 6.07) is 9.96. The van der Waals surface area contributed by atoms with Crippen molar-refractivity contribution in [3.05, 3.63) is 65.7 Å². The molecule has 2 rings (SSSR count). The minimum atomic E-state index is 0.429. The number of benzene rings is 1. The van der Waals surface area contributed by atoms with Crippen LogP contribution in [0.1, 0.15) is 12.5 Å². The third kappa shape index (κ3) is 3.87. The molecule has 1 aliphatic heterocycles. The van der Waals surface area contributed by atoms with Gasteiger partial charge in [-0.1, -0.05) is 30.3 Å². The number of nitrogens with one attached hydrogen (secondary N) is 1. The fraction of sp³-hybridized carbons (Fsp3) is 0.250. The molecule has 0 amide bonds. The lowest BCUT2D eigenvalue weighted by molar-refractivity contribution is 0.205. The molecule has 5 heteroatoms. The molecule has 0 aromatic heterocycles. The molecule has 5 nitrogen and oxygen atoms in total. The zero-order valence-corrected chi connectivity index (χ0v) is 12.3. The highest BCUT2D eigenvalue weighted by atomic mass is 16.5. The van der Waals surface area contributed by atoms with Crippen LogP contribution in [0.3, 0.4) is 0 Å².